The lowest BCUT2D eigenvalue weighted by molar-refractivity contribution is -0.137. The van der Waals surface area contributed by atoms with Gasteiger partial charge in [0.05, 0.1) is 27.4 Å². The predicted molar refractivity (Wildman–Crippen MR) is 161 cm³/mol. The number of hydrogen-bond donors (Lipinski definition) is 1. The average molecular weight is 682 g/mol. The molecule has 0 aliphatic carbocycles. The van der Waals surface area contributed by atoms with E-state index in [2.05, 4.69) is 26.5 Å². The highest BCUT2D eigenvalue weighted by Gasteiger charge is 2.35. The molecular weight excluding hydrogens is 657 g/mol. The molecule has 1 amide bonds. The number of hydrogen-bond acceptors (Lipinski definition) is 4. The highest BCUT2D eigenvalue weighted by molar-refractivity contribution is 9.10. The molecule has 0 atom stereocenters. The number of carbonyl (C=O) groups excluding carboxylic acids is 1. The summed E-state index contributed by atoms with van der Waals surface area (Å²) in [5, 5.41) is 3.38. The molecule has 1 heterocycles. The lowest BCUT2D eigenvalue weighted by Crippen LogP contribution is -2.39. The Morgan fingerprint density at radius 2 is 1.67 bits per heavy atom. The minimum absolute atomic E-state index is 0.201. The Kier molecular flexibility index (Phi) is 9.19. The minimum atomic E-state index is -4.85. The van der Waals surface area contributed by atoms with Crippen molar-refractivity contribution in [3.05, 3.63) is 110 Å². The van der Waals surface area contributed by atoms with E-state index in [4.69, 9.17) is 11.6 Å². The maximum Gasteiger partial charge on any atom is 0.417 e. The van der Waals surface area contributed by atoms with Crippen molar-refractivity contribution < 1.29 is 26.4 Å². The van der Waals surface area contributed by atoms with Crippen molar-refractivity contribution >= 4 is 55.4 Å². The number of anilines is 1. The van der Waals surface area contributed by atoms with Crippen LogP contribution in [0.25, 0.3) is 5.69 Å². The zero-order chi connectivity index (χ0) is 30.8. The summed E-state index contributed by atoms with van der Waals surface area (Å²) < 4.78 is 71.4. The molecule has 1 N–H and O–H groups in total. The Hall–Kier alpha value is -3.61. The lowest BCUT2D eigenvalue weighted by atomic mass is 10.2. The first-order chi connectivity index (χ1) is 19.7. The molecule has 7 nitrogen and oxygen atoms in total. The van der Waals surface area contributed by atoms with Gasteiger partial charge in [0.2, 0.25) is 0 Å². The topological polar surface area (TPSA) is 83.8 Å². The summed E-state index contributed by atoms with van der Waals surface area (Å²) in [6.45, 7) is 4.71. The Morgan fingerprint density at radius 3 is 2.29 bits per heavy atom. The van der Waals surface area contributed by atoms with Crippen molar-refractivity contribution in [2.75, 3.05) is 10.8 Å². The number of benzene rings is 3. The van der Waals surface area contributed by atoms with E-state index in [9.17, 15) is 26.4 Å². The smallest absolute Gasteiger partial charge is 0.318 e. The van der Waals surface area contributed by atoms with E-state index in [1.807, 2.05) is 48.7 Å². The zero-order valence-electron chi connectivity index (χ0n) is 22.6. The number of halogens is 5. The molecule has 4 rings (SSSR count). The molecule has 0 saturated carbocycles. The molecular formula is C29H25BrClF3N4O3S. The summed E-state index contributed by atoms with van der Waals surface area (Å²) >= 11 is 9.16. The van der Waals surface area contributed by atoms with Crippen LogP contribution in [0, 0.1) is 20.8 Å². The zero-order valence-corrected chi connectivity index (χ0v) is 25.7. The van der Waals surface area contributed by atoms with Crippen LogP contribution in [0.15, 0.2) is 87.3 Å². The number of sulfonamides is 1. The van der Waals surface area contributed by atoms with E-state index in [1.54, 1.807) is 19.1 Å². The summed E-state index contributed by atoms with van der Waals surface area (Å²) in [5.74, 6) is -0.868. The fourth-order valence-corrected chi connectivity index (χ4v) is 6.19. The number of carbonyl (C=O) groups is 1. The molecule has 0 aliphatic heterocycles. The van der Waals surface area contributed by atoms with E-state index in [0.717, 1.165) is 39.2 Å². The number of aryl methyl sites for hydroxylation is 2. The molecule has 0 bridgehead atoms. The third-order valence-corrected chi connectivity index (χ3v) is 9.03. The summed E-state index contributed by atoms with van der Waals surface area (Å²) in [7, 11) is -4.46. The van der Waals surface area contributed by atoms with Crippen LogP contribution in [0.2, 0.25) is 5.02 Å². The Morgan fingerprint density at radius 1 is 1.02 bits per heavy atom. The van der Waals surface area contributed by atoms with Crippen LogP contribution in [0.3, 0.4) is 0 Å². The number of nitrogens with zero attached hydrogens (tertiary/aromatic N) is 3. The second kappa shape index (κ2) is 12.3. The lowest BCUT2D eigenvalue weighted by Gasteiger charge is -2.25. The maximum atomic E-state index is 13.6. The van der Waals surface area contributed by atoms with Crippen LogP contribution in [0.4, 0.5) is 18.9 Å². The molecule has 0 fully saturated rings. The van der Waals surface area contributed by atoms with Gasteiger partial charge < -0.3 is 4.57 Å². The molecule has 13 heteroatoms. The van der Waals surface area contributed by atoms with Crippen LogP contribution in [0.5, 0.6) is 0 Å². The molecule has 1 aromatic heterocycles. The van der Waals surface area contributed by atoms with Gasteiger partial charge in [-0.15, -0.1) is 0 Å². The molecule has 220 valence electrons. The second-order valence-corrected chi connectivity index (χ2v) is 12.6. The quantitative estimate of drug-likeness (QED) is 0.158. The average Bonchev–Trinajstić information content (AvgIpc) is 3.20. The summed E-state index contributed by atoms with van der Waals surface area (Å²) in [6.07, 6.45) is -3.43. The third kappa shape index (κ3) is 6.88. The molecule has 42 heavy (non-hydrogen) atoms. The van der Waals surface area contributed by atoms with Crippen molar-refractivity contribution in [1.82, 2.24) is 9.99 Å². The van der Waals surface area contributed by atoms with Gasteiger partial charge in [0.15, 0.2) is 0 Å². The first-order valence-electron chi connectivity index (χ1n) is 12.4. The van der Waals surface area contributed by atoms with Gasteiger partial charge in [0, 0.05) is 27.1 Å². The van der Waals surface area contributed by atoms with Crippen LogP contribution in [-0.4, -0.2) is 31.7 Å². The van der Waals surface area contributed by atoms with Crippen molar-refractivity contribution in [2.24, 2.45) is 5.10 Å². The van der Waals surface area contributed by atoms with E-state index in [1.165, 1.54) is 18.3 Å². The fourth-order valence-electron chi connectivity index (χ4n) is 4.28. The first-order valence-corrected chi connectivity index (χ1v) is 15.0. The summed E-state index contributed by atoms with van der Waals surface area (Å²) in [5.41, 5.74) is 4.83. The second-order valence-electron chi connectivity index (χ2n) is 9.42. The molecule has 0 saturated heterocycles. The van der Waals surface area contributed by atoms with Gasteiger partial charge in [-0.1, -0.05) is 45.2 Å². The third-order valence-electron chi connectivity index (χ3n) is 6.39. The standard InChI is InChI=1S/C29H25BrClF3N4O3S/c1-18-4-11-25(12-5-18)42(40,41)37(24-10-13-27(31)26(15-24)29(32,33)34)17-28(39)36-35-16-21-14-19(2)38(20(21)3)23-8-6-22(30)7-9-23/h4-16H,17H2,1-3H3,(H,36,39)/b35-16-. The van der Waals surface area contributed by atoms with Gasteiger partial charge in [-0.2, -0.15) is 18.3 Å². The van der Waals surface area contributed by atoms with Gasteiger partial charge in [-0.3, -0.25) is 9.10 Å². The van der Waals surface area contributed by atoms with E-state index < -0.39 is 39.2 Å². The molecule has 0 aliphatic rings. The number of rotatable bonds is 8. The number of amides is 1. The number of aromatic nitrogens is 1. The van der Waals surface area contributed by atoms with Crippen LogP contribution >= 0.6 is 27.5 Å². The normalized spacial score (nSPS) is 12.1. The molecule has 4 aromatic rings. The van der Waals surface area contributed by atoms with E-state index in [-0.39, 0.29) is 10.6 Å². The van der Waals surface area contributed by atoms with Crippen molar-refractivity contribution in [1.29, 1.82) is 0 Å². The Bertz CT molecular complexity index is 1750. The SMILES string of the molecule is Cc1ccc(S(=O)(=O)N(CC(=O)N/N=C\c2cc(C)n(-c3ccc(Br)cc3)c2C)c2ccc(Cl)c(C(F)(F)F)c2)cc1. The predicted octanol–water partition coefficient (Wildman–Crippen LogP) is 7.18. The number of nitrogens with one attached hydrogen (secondary N) is 1. The molecule has 0 spiro atoms. The minimum Gasteiger partial charge on any atom is -0.318 e. The number of hydrazone groups is 1. The van der Waals surface area contributed by atoms with E-state index in [0.29, 0.717) is 15.9 Å². The van der Waals surface area contributed by atoms with Crippen molar-refractivity contribution in [3.63, 3.8) is 0 Å². The number of alkyl halides is 3. The highest BCUT2D eigenvalue weighted by atomic mass is 79.9. The molecule has 0 radical (unpaired) electrons. The largest absolute Gasteiger partial charge is 0.417 e. The molecule has 3 aromatic carbocycles. The summed E-state index contributed by atoms with van der Waals surface area (Å²) in [6, 6.07) is 17.9. The molecule has 0 unspecified atom stereocenters. The van der Waals surface area contributed by atoms with Gasteiger partial charge in [-0.25, -0.2) is 13.8 Å². The van der Waals surface area contributed by atoms with Gasteiger partial charge in [0.25, 0.3) is 15.9 Å². The van der Waals surface area contributed by atoms with Crippen molar-refractivity contribution in [3.8, 4) is 5.69 Å². The first kappa shape index (κ1) is 31.3. The van der Waals surface area contributed by atoms with Gasteiger partial charge in [-0.05, 0) is 81.4 Å². The fraction of sp³-hybridized carbons (Fsp3) is 0.172. The van der Waals surface area contributed by atoms with Crippen molar-refractivity contribution in [2.45, 2.75) is 31.8 Å². The van der Waals surface area contributed by atoms with Crippen LogP contribution < -0.4 is 9.73 Å². The maximum absolute atomic E-state index is 13.6. The Labute approximate surface area is 254 Å². The van der Waals surface area contributed by atoms with Gasteiger partial charge in [0.1, 0.15) is 6.54 Å². The van der Waals surface area contributed by atoms with Crippen LogP contribution in [0.1, 0.15) is 28.1 Å². The van der Waals surface area contributed by atoms with E-state index >= 15 is 0 Å². The van der Waals surface area contributed by atoms with Gasteiger partial charge >= 0.3 is 6.18 Å². The van der Waals surface area contributed by atoms with Crippen LogP contribution in [-0.2, 0) is 21.0 Å². The monoisotopic (exact) mass is 680 g/mol. The highest BCUT2D eigenvalue weighted by Crippen LogP contribution is 2.38. The Balaban J connectivity index is 1.62. The summed E-state index contributed by atoms with van der Waals surface area (Å²) in [4.78, 5) is 12.7.